The lowest BCUT2D eigenvalue weighted by molar-refractivity contribution is 0.265. The van der Waals surface area contributed by atoms with Crippen molar-refractivity contribution in [1.29, 1.82) is 0 Å². The Morgan fingerprint density at radius 3 is 2.10 bits per heavy atom. The zero-order valence-corrected chi connectivity index (χ0v) is 7.59. The number of nitrogens with zero attached hydrogens (tertiary/aromatic N) is 1. The topological polar surface area (TPSA) is 29.3 Å². The molecule has 0 aromatic carbocycles. The Balaban J connectivity index is 3.30. The molecule has 62 valence electrons. The molecular formula is C8H20N2. The Kier molecular flexibility index (Phi) is 4.65. The molecule has 0 spiro atoms. The van der Waals surface area contributed by atoms with Gasteiger partial charge in [0.25, 0.3) is 0 Å². The molecule has 0 radical (unpaired) electrons. The monoisotopic (exact) mass is 144 g/mol. The van der Waals surface area contributed by atoms with Gasteiger partial charge in [0.15, 0.2) is 0 Å². The molecule has 1 atom stereocenters. The molecule has 2 N–H and O–H groups in total. The van der Waals surface area contributed by atoms with E-state index in [1.165, 1.54) is 0 Å². The van der Waals surface area contributed by atoms with Gasteiger partial charge in [-0.15, -0.1) is 0 Å². The van der Waals surface area contributed by atoms with Crippen LogP contribution in [0.5, 0.6) is 0 Å². The van der Waals surface area contributed by atoms with Crippen molar-refractivity contribution in [3.05, 3.63) is 0 Å². The minimum absolute atomic E-state index is 0.334. The summed E-state index contributed by atoms with van der Waals surface area (Å²) < 4.78 is 0. The highest BCUT2D eigenvalue weighted by Crippen LogP contribution is 1.96. The predicted octanol–water partition coefficient (Wildman–Crippen LogP) is 1.06. The summed E-state index contributed by atoms with van der Waals surface area (Å²) in [5.41, 5.74) is 5.61. The number of nitrogens with two attached hydrogens (primary N) is 1. The molecule has 0 aromatic rings. The van der Waals surface area contributed by atoms with Crippen molar-refractivity contribution >= 4 is 0 Å². The van der Waals surface area contributed by atoms with Gasteiger partial charge in [0.2, 0.25) is 0 Å². The fourth-order valence-electron chi connectivity index (χ4n) is 0.665. The van der Waals surface area contributed by atoms with E-state index in [4.69, 9.17) is 5.73 Å². The summed E-state index contributed by atoms with van der Waals surface area (Å²) in [6.07, 6.45) is 1.09. The molecule has 0 fully saturated rings. The summed E-state index contributed by atoms with van der Waals surface area (Å²) in [5.74, 6) is 0. The van der Waals surface area contributed by atoms with Crippen molar-refractivity contribution < 1.29 is 0 Å². The van der Waals surface area contributed by atoms with Crippen LogP contribution in [-0.4, -0.2) is 30.6 Å². The molecule has 1 unspecified atom stereocenters. The summed E-state index contributed by atoms with van der Waals surface area (Å²) in [6.45, 7) is 7.55. The highest BCUT2D eigenvalue weighted by molar-refractivity contribution is 4.60. The van der Waals surface area contributed by atoms with Gasteiger partial charge in [-0.05, 0) is 40.8 Å². The quantitative estimate of drug-likeness (QED) is 0.639. The maximum absolute atomic E-state index is 5.61. The average molecular weight is 144 g/mol. The number of hydrogen-bond acceptors (Lipinski definition) is 2. The third kappa shape index (κ3) is 4.77. The molecule has 0 aliphatic carbocycles. The smallest absolute Gasteiger partial charge is 0.00355 e. The Morgan fingerprint density at radius 1 is 1.30 bits per heavy atom. The van der Waals surface area contributed by atoms with Gasteiger partial charge < -0.3 is 10.6 Å². The van der Waals surface area contributed by atoms with Gasteiger partial charge in [0, 0.05) is 12.1 Å². The maximum Gasteiger partial charge on any atom is 0.00355 e. The number of rotatable bonds is 4. The van der Waals surface area contributed by atoms with Gasteiger partial charge in [-0.1, -0.05) is 0 Å². The first-order valence-electron chi connectivity index (χ1n) is 4.00. The fraction of sp³-hybridized carbons (Fsp3) is 1.00. The molecule has 2 heteroatoms. The molecule has 0 aliphatic heterocycles. The lowest BCUT2D eigenvalue weighted by Gasteiger charge is -2.21. The van der Waals surface area contributed by atoms with E-state index >= 15 is 0 Å². The van der Waals surface area contributed by atoms with Crippen LogP contribution in [-0.2, 0) is 0 Å². The van der Waals surface area contributed by atoms with Crippen molar-refractivity contribution in [2.24, 2.45) is 5.73 Å². The molecular weight excluding hydrogens is 124 g/mol. The highest BCUT2D eigenvalue weighted by Gasteiger charge is 2.02. The Bertz CT molecular complexity index is 79.3. The SMILES string of the molecule is CC(N)CCN(C)C(C)C. The largest absolute Gasteiger partial charge is 0.328 e. The lowest BCUT2D eigenvalue weighted by Crippen LogP contribution is -2.30. The van der Waals surface area contributed by atoms with Crippen molar-refractivity contribution in [1.82, 2.24) is 4.90 Å². The van der Waals surface area contributed by atoms with Crippen LogP contribution in [0.2, 0.25) is 0 Å². The van der Waals surface area contributed by atoms with Gasteiger partial charge in [0.05, 0.1) is 0 Å². The zero-order valence-electron chi connectivity index (χ0n) is 7.59. The Morgan fingerprint density at radius 2 is 1.80 bits per heavy atom. The van der Waals surface area contributed by atoms with Crippen LogP contribution in [0.4, 0.5) is 0 Å². The third-order valence-corrected chi connectivity index (χ3v) is 1.82. The first-order valence-corrected chi connectivity index (χ1v) is 4.00. The fourth-order valence-corrected chi connectivity index (χ4v) is 0.665. The molecule has 0 saturated heterocycles. The van der Waals surface area contributed by atoms with E-state index in [0.717, 1.165) is 13.0 Å². The van der Waals surface area contributed by atoms with Crippen molar-refractivity contribution in [2.45, 2.75) is 39.3 Å². The molecule has 0 bridgehead atoms. The zero-order chi connectivity index (χ0) is 8.15. The van der Waals surface area contributed by atoms with Crippen molar-refractivity contribution in [3.8, 4) is 0 Å². The normalized spacial score (nSPS) is 14.7. The van der Waals surface area contributed by atoms with Gasteiger partial charge in [-0.2, -0.15) is 0 Å². The van der Waals surface area contributed by atoms with Crippen LogP contribution < -0.4 is 5.73 Å². The first kappa shape index (κ1) is 9.92. The van der Waals surface area contributed by atoms with Crippen molar-refractivity contribution in [3.63, 3.8) is 0 Å². The number of hydrogen-bond donors (Lipinski definition) is 1. The minimum atomic E-state index is 0.334. The standard InChI is InChI=1S/C8H20N2/c1-7(2)10(4)6-5-8(3)9/h7-8H,5-6,9H2,1-4H3. The average Bonchev–Trinajstić information content (AvgIpc) is 1.82. The van der Waals surface area contributed by atoms with Crippen LogP contribution in [0.25, 0.3) is 0 Å². The van der Waals surface area contributed by atoms with Gasteiger partial charge >= 0.3 is 0 Å². The lowest BCUT2D eigenvalue weighted by atomic mass is 10.2. The summed E-state index contributed by atoms with van der Waals surface area (Å²) in [5, 5.41) is 0. The van der Waals surface area contributed by atoms with Crippen LogP contribution in [0.1, 0.15) is 27.2 Å². The Hall–Kier alpha value is -0.0800. The summed E-state index contributed by atoms with van der Waals surface area (Å²) in [7, 11) is 2.13. The Labute approximate surface area is 64.4 Å². The van der Waals surface area contributed by atoms with E-state index in [1.54, 1.807) is 0 Å². The van der Waals surface area contributed by atoms with Crippen LogP contribution in [0.15, 0.2) is 0 Å². The summed E-state index contributed by atoms with van der Waals surface area (Å²) >= 11 is 0. The van der Waals surface area contributed by atoms with Crippen LogP contribution >= 0.6 is 0 Å². The molecule has 10 heavy (non-hydrogen) atoms. The van der Waals surface area contributed by atoms with Gasteiger partial charge in [-0.25, -0.2) is 0 Å². The van der Waals surface area contributed by atoms with Crippen LogP contribution in [0.3, 0.4) is 0 Å². The van der Waals surface area contributed by atoms with Gasteiger partial charge in [0.1, 0.15) is 0 Å². The molecule has 0 aliphatic rings. The molecule has 0 amide bonds. The van der Waals surface area contributed by atoms with E-state index in [1.807, 2.05) is 6.92 Å². The second kappa shape index (κ2) is 4.69. The predicted molar refractivity (Wildman–Crippen MR) is 46.0 cm³/mol. The highest BCUT2D eigenvalue weighted by atomic mass is 15.1. The van der Waals surface area contributed by atoms with Crippen LogP contribution in [0, 0.1) is 0 Å². The van der Waals surface area contributed by atoms with E-state index in [2.05, 4.69) is 25.8 Å². The third-order valence-electron chi connectivity index (χ3n) is 1.82. The molecule has 0 aromatic heterocycles. The molecule has 0 heterocycles. The molecule has 0 rings (SSSR count). The van der Waals surface area contributed by atoms with E-state index < -0.39 is 0 Å². The summed E-state index contributed by atoms with van der Waals surface area (Å²) in [6, 6.07) is 0.972. The van der Waals surface area contributed by atoms with E-state index in [-0.39, 0.29) is 0 Å². The van der Waals surface area contributed by atoms with E-state index in [9.17, 15) is 0 Å². The first-order chi connectivity index (χ1) is 4.54. The minimum Gasteiger partial charge on any atom is -0.328 e. The second-order valence-corrected chi connectivity index (χ2v) is 3.34. The van der Waals surface area contributed by atoms with Crippen molar-refractivity contribution in [2.75, 3.05) is 13.6 Å². The summed E-state index contributed by atoms with van der Waals surface area (Å²) in [4.78, 5) is 2.31. The second-order valence-electron chi connectivity index (χ2n) is 3.34. The van der Waals surface area contributed by atoms with Gasteiger partial charge in [-0.3, -0.25) is 0 Å². The maximum atomic E-state index is 5.61. The molecule has 0 saturated carbocycles. The molecule has 2 nitrogen and oxygen atoms in total. The van der Waals surface area contributed by atoms with E-state index in [0.29, 0.717) is 12.1 Å².